The van der Waals surface area contributed by atoms with Gasteiger partial charge in [0.15, 0.2) is 0 Å². The van der Waals surface area contributed by atoms with Crippen LogP contribution in [0.5, 0.6) is 0 Å². The van der Waals surface area contributed by atoms with Crippen LogP contribution in [0.4, 0.5) is 5.69 Å². The highest BCUT2D eigenvalue weighted by atomic mass is 16.5. The van der Waals surface area contributed by atoms with Gasteiger partial charge >= 0.3 is 5.97 Å². The molecule has 0 saturated carbocycles. The van der Waals surface area contributed by atoms with Crippen LogP contribution in [0.25, 0.3) is 10.9 Å². The van der Waals surface area contributed by atoms with Crippen molar-refractivity contribution in [3.8, 4) is 0 Å². The lowest BCUT2D eigenvalue weighted by molar-refractivity contribution is -0.148. The molecule has 0 aliphatic heterocycles. The van der Waals surface area contributed by atoms with Gasteiger partial charge in [-0.15, -0.1) is 0 Å². The lowest BCUT2D eigenvalue weighted by atomic mass is 9.86. The van der Waals surface area contributed by atoms with Crippen molar-refractivity contribution in [2.24, 2.45) is 5.92 Å². The number of nitrogen functional groups attached to an aromatic ring is 1. The molecule has 0 saturated heterocycles. The molecule has 19 heavy (non-hydrogen) atoms. The largest absolute Gasteiger partial charge is 0.466 e. The zero-order valence-corrected chi connectivity index (χ0v) is 11.0. The number of carbonyl (C=O) groups excluding carboxylic acids is 1. The molecule has 3 rings (SSSR count). The summed E-state index contributed by atoms with van der Waals surface area (Å²) >= 11 is 0. The van der Waals surface area contributed by atoms with Crippen molar-refractivity contribution in [1.82, 2.24) is 4.98 Å². The second kappa shape index (κ2) is 4.61. The number of nitrogens with one attached hydrogen (secondary N) is 1. The molecule has 1 aromatic heterocycles. The molecule has 1 aromatic carbocycles. The maximum Gasteiger partial charge on any atom is 0.309 e. The summed E-state index contributed by atoms with van der Waals surface area (Å²) in [6.07, 6.45) is 2.50. The smallest absolute Gasteiger partial charge is 0.309 e. The second-order valence-electron chi connectivity index (χ2n) is 5.08. The van der Waals surface area contributed by atoms with E-state index < -0.39 is 0 Å². The minimum absolute atomic E-state index is 0.0205. The van der Waals surface area contributed by atoms with Crippen LogP contribution in [0, 0.1) is 5.92 Å². The summed E-state index contributed by atoms with van der Waals surface area (Å²) in [5.74, 6) is -0.0979. The molecule has 1 atom stereocenters. The molecule has 4 nitrogen and oxygen atoms in total. The highest BCUT2D eigenvalue weighted by molar-refractivity contribution is 5.88. The Bertz CT molecular complexity index is 630. The third-order valence-corrected chi connectivity index (χ3v) is 3.83. The van der Waals surface area contributed by atoms with E-state index in [2.05, 4.69) is 4.98 Å². The van der Waals surface area contributed by atoms with Gasteiger partial charge in [0.2, 0.25) is 0 Å². The fraction of sp³-hybridized carbons (Fsp3) is 0.400. The minimum atomic E-state index is -0.0774. The molecule has 1 heterocycles. The number of ether oxygens (including phenoxy) is 1. The van der Waals surface area contributed by atoms with Crippen LogP contribution in [-0.4, -0.2) is 17.6 Å². The van der Waals surface area contributed by atoms with E-state index in [1.54, 1.807) is 0 Å². The van der Waals surface area contributed by atoms with E-state index >= 15 is 0 Å². The van der Waals surface area contributed by atoms with Crippen LogP contribution in [-0.2, 0) is 22.4 Å². The Morgan fingerprint density at radius 2 is 2.37 bits per heavy atom. The number of fused-ring (bicyclic) bond motifs is 3. The summed E-state index contributed by atoms with van der Waals surface area (Å²) in [5.41, 5.74) is 10.2. The predicted molar refractivity (Wildman–Crippen MR) is 74.9 cm³/mol. The molecule has 100 valence electrons. The maximum absolute atomic E-state index is 11.9. The van der Waals surface area contributed by atoms with Crippen molar-refractivity contribution in [3.63, 3.8) is 0 Å². The van der Waals surface area contributed by atoms with Gasteiger partial charge < -0.3 is 15.5 Å². The number of aromatic amines is 1. The number of nitrogens with two attached hydrogens (primary N) is 1. The molecule has 0 amide bonds. The lowest BCUT2D eigenvalue weighted by Crippen LogP contribution is -2.24. The molecule has 0 spiro atoms. The average Bonchev–Trinajstić information content (AvgIpc) is 2.76. The molecule has 2 aromatic rings. The molecule has 4 heteroatoms. The predicted octanol–water partition coefficient (Wildman–Crippen LogP) is 2.42. The van der Waals surface area contributed by atoms with Gasteiger partial charge in [-0.25, -0.2) is 0 Å². The number of aromatic nitrogens is 1. The van der Waals surface area contributed by atoms with Gasteiger partial charge in [0, 0.05) is 22.3 Å². The Balaban J connectivity index is 1.97. The summed E-state index contributed by atoms with van der Waals surface area (Å²) in [5, 5.41) is 1.14. The molecule has 0 radical (unpaired) electrons. The molecule has 0 bridgehead atoms. The summed E-state index contributed by atoms with van der Waals surface area (Å²) < 4.78 is 5.13. The van der Waals surface area contributed by atoms with E-state index in [1.165, 1.54) is 11.3 Å². The summed E-state index contributed by atoms with van der Waals surface area (Å²) in [7, 11) is 0. The molecule has 3 N–H and O–H groups in total. The number of hydrogen-bond donors (Lipinski definition) is 2. The van der Waals surface area contributed by atoms with Gasteiger partial charge in [0.25, 0.3) is 0 Å². The van der Waals surface area contributed by atoms with Crippen molar-refractivity contribution in [2.75, 3.05) is 12.3 Å². The zero-order chi connectivity index (χ0) is 13.4. The Morgan fingerprint density at radius 3 is 3.16 bits per heavy atom. The Hall–Kier alpha value is -1.97. The first-order valence-corrected chi connectivity index (χ1v) is 6.74. The number of H-pyrrole nitrogens is 1. The summed E-state index contributed by atoms with van der Waals surface area (Å²) in [4.78, 5) is 15.3. The summed E-state index contributed by atoms with van der Waals surface area (Å²) in [6, 6.07) is 5.88. The number of benzene rings is 1. The first kappa shape index (κ1) is 12.1. The third-order valence-electron chi connectivity index (χ3n) is 3.83. The van der Waals surface area contributed by atoms with Crippen LogP contribution < -0.4 is 5.73 Å². The lowest BCUT2D eigenvalue weighted by Gasteiger charge is -2.20. The molecular formula is C15H18N2O2. The van der Waals surface area contributed by atoms with E-state index in [1.807, 2.05) is 25.1 Å². The van der Waals surface area contributed by atoms with E-state index in [9.17, 15) is 4.79 Å². The van der Waals surface area contributed by atoms with E-state index in [-0.39, 0.29) is 11.9 Å². The fourth-order valence-corrected chi connectivity index (χ4v) is 2.90. The van der Waals surface area contributed by atoms with E-state index in [4.69, 9.17) is 10.5 Å². The van der Waals surface area contributed by atoms with Crippen LogP contribution in [0.1, 0.15) is 24.6 Å². The summed E-state index contributed by atoms with van der Waals surface area (Å²) in [6.45, 7) is 2.29. The van der Waals surface area contributed by atoms with Gasteiger partial charge in [0.1, 0.15) is 0 Å². The number of aryl methyl sites for hydroxylation is 1. The molecular weight excluding hydrogens is 240 g/mol. The zero-order valence-electron chi connectivity index (χ0n) is 11.0. The molecule has 0 fully saturated rings. The second-order valence-corrected chi connectivity index (χ2v) is 5.08. The van der Waals surface area contributed by atoms with E-state index in [0.29, 0.717) is 6.61 Å². The molecule has 1 unspecified atom stereocenters. The van der Waals surface area contributed by atoms with Crippen molar-refractivity contribution < 1.29 is 9.53 Å². The van der Waals surface area contributed by atoms with Crippen molar-refractivity contribution >= 4 is 22.6 Å². The number of carbonyl (C=O) groups is 1. The van der Waals surface area contributed by atoms with Gasteiger partial charge in [-0.2, -0.15) is 0 Å². The topological polar surface area (TPSA) is 68.1 Å². The monoisotopic (exact) mass is 258 g/mol. The Kier molecular flexibility index (Phi) is 2.93. The van der Waals surface area contributed by atoms with Crippen LogP contribution in [0.3, 0.4) is 0 Å². The first-order chi connectivity index (χ1) is 9.19. The Labute approximate surface area is 111 Å². The normalized spacial score (nSPS) is 18.3. The van der Waals surface area contributed by atoms with Crippen LogP contribution >= 0.6 is 0 Å². The van der Waals surface area contributed by atoms with Crippen molar-refractivity contribution in [3.05, 3.63) is 29.5 Å². The number of esters is 1. The van der Waals surface area contributed by atoms with Gasteiger partial charge in [-0.3, -0.25) is 4.79 Å². The highest BCUT2D eigenvalue weighted by Gasteiger charge is 2.28. The Morgan fingerprint density at radius 1 is 1.53 bits per heavy atom. The first-order valence-electron chi connectivity index (χ1n) is 6.74. The van der Waals surface area contributed by atoms with Crippen molar-refractivity contribution in [1.29, 1.82) is 0 Å². The molecule has 1 aliphatic carbocycles. The quantitative estimate of drug-likeness (QED) is 0.642. The minimum Gasteiger partial charge on any atom is -0.466 e. The number of anilines is 1. The van der Waals surface area contributed by atoms with Gasteiger partial charge in [-0.05, 0) is 49.9 Å². The van der Waals surface area contributed by atoms with Crippen LogP contribution in [0.2, 0.25) is 0 Å². The number of rotatable bonds is 2. The average molecular weight is 258 g/mol. The van der Waals surface area contributed by atoms with Crippen molar-refractivity contribution in [2.45, 2.75) is 26.2 Å². The number of hydrogen-bond acceptors (Lipinski definition) is 3. The standard InChI is InChI=1S/C15H18N2O2/c1-2-19-15(18)9-3-5-13-11(7-9)12-8-10(16)4-6-14(12)17-13/h4,6,8-9,17H,2-3,5,7,16H2,1H3. The van der Waals surface area contributed by atoms with Gasteiger partial charge in [-0.1, -0.05) is 0 Å². The molecule has 1 aliphatic rings. The van der Waals surface area contributed by atoms with Crippen LogP contribution in [0.15, 0.2) is 18.2 Å². The fourth-order valence-electron chi connectivity index (χ4n) is 2.90. The highest BCUT2D eigenvalue weighted by Crippen LogP contribution is 2.33. The van der Waals surface area contributed by atoms with E-state index in [0.717, 1.165) is 35.9 Å². The SMILES string of the molecule is CCOC(=O)C1CCc2[nH]c3ccc(N)cc3c2C1. The third kappa shape index (κ3) is 2.07. The van der Waals surface area contributed by atoms with Gasteiger partial charge in [0.05, 0.1) is 12.5 Å². The maximum atomic E-state index is 11.9.